The molecule has 0 aliphatic carbocycles. The summed E-state index contributed by atoms with van der Waals surface area (Å²) >= 11 is 5.91. The van der Waals surface area contributed by atoms with Crippen molar-refractivity contribution in [1.29, 1.82) is 0 Å². The number of nitrogens with one attached hydrogen (secondary N) is 1. The zero-order valence-corrected chi connectivity index (χ0v) is 17.2. The van der Waals surface area contributed by atoms with Crippen LogP contribution in [0, 0.1) is 13.8 Å². The van der Waals surface area contributed by atoms with Gasteiger partial charge in [0.1, 0.15) is 0 Å². The maximum Gasteiger partial charge on any atom is 0.253 e. The number of carbonyl (C=O) groups is 1. The SMILES string of the molecule is Cc1cc(CN(C)C(=O)c2ccc3nc(Cl)[nH]c3c2)c(C)n1CC1CCCO1. The fourth-order valence-corrected chi connectivity index (χ4v) is 4.16. The van der Waals surface area contributed by atoms with Crippen LogP contribution in [0.15, 0.2) is 24.3 Å². The van der Waals surface area contributed by atoms with Crippen LogP contribution in [0.1, 0.15) is 40.2 Å². The van der Waals surface area contributed by atoms with Crippen LogP contribution in [-0.2, 0) is 17.8 Å². The molecule has 2 aromatic heterocycles. The predicted molar refractivity (Wildman–Crippen MR) is 110 cm³/mol. The molecule has 1 aromatic carbocycles. The van der Waals surface area contributed by atoms with Crippen LogP contribution >= 0.6 is 11.6 Å². The summed E-state index contributed by atoms with van der Waals surface area (Å²) in [6, 6.07) is 7.57. The Morgan fingerprint density at radius 1 is 1.39 bits per heavy atom. The molecule has 1 unspecified atom stereocenters. The molecule has 0 saturated carbocycles. The second-order valence-corrected chi connectivity index (χ2v) is 7.92. The number of rotatable bonds is 5. The van der Waals surface area contributed by atoms with E-state index in [0.29, 0.717) is 23.5 Å². The van der Waals surface area contributed by atoms with E-state index in [1.54, 1.807) is 17.0 Å². The minimum atomic E-state index is -0.0310. The molecule has 4 rings (SSSR count). The molecular weight excluding hydrogens is 376 g/mol. The smallest absolute Gasteiger partial charge is 0.253 e. The first-order valence-electron chi connectivity index (χ1n) is 9.60. The molecule has 0 radical (unpaired) electrons. The van der Waals surface area contributed by atoms with Crippen molar-refractivity contribution in [2.45, 2.75) is 45.9 Å². The molecule has 7 heteroatoms. The lowest BCUT2D eigenvalue weighted by Gasteiger charge is -2.18. The van der Waals surface area contributed by atoms with Gasteiger partial charge in [-0.2, -0.15) is 0 Å². The molecule has 1 aliphatic rings. The molecule has 3 aromatic rings. The minimum absolute atomic E-state index is 0.0310. The average Bonchev–Trinajstić information content (AvgIpc) is 3.36. The Hall–Kier alpha value is -2.31. The number of benzene rings is 1. The Morgan fingerprint density at radius 2 is 2.21 bits per heavy atom. The Kier molecular flexibility index (Phi) is 5.17. The third-order valence-corrected chi connectivity index (χ3v) is 5.72. The fraction of sp³-hybridized carbons (Fsp3) is 0.429. The molecule has 28 heavy (non-hydrogen) atoms. The summed E-state index contributed by atoms with van der Waals surface area (Å²) < 4.78 is 8.10. The van der Waals surface area contributed by atoms with Gasteiger partial charge in [0.2, 0.25) is 5.28 Å². The number of aromatic nitrogens is 3. The summed E-state index contributed by atoms with van der Waals surface area (Å²) in [5.74, 6) is -0.0310. The van der Waals surface area contributed by atoms with Gasteiger partial charge in [-0.15, -0.1) is 0 Å². The van der Waals surface area contributed by atoms with Gasteiger partial charge in [-0.05, 0) is 68.1 Å². The van der Waals surface area contributed by atoms with Crippen LogP contribution in [0.5, 0.6) is 0 Å². The third kappa shape index (κ3) is 3.66. The number of aromatic amines is 1. The quantitative estimate of drug-likeness (QED) is 0.701. The van der Waals surface area contributed by atoms with Crippen molar-refractivity contribution in [2.24, 2.45) is 0 Å². The fourth-order valence-electron chi connectivity index (χ4n) is 3.96. The van der Waals surface area contributed by atoms with Gasteiger partial charge >= 0.3 is 0 Å². The van der Waals surface area contributed by atoms with E-state index in [9.17, 15) is 4.79 Å². The molecule has 1 atom stereocenters. The van der Waals surface area contributed by atoms with E-state index < -0.39 is 0 Å². The summed E-state index contributed by atoms with van der Waals surface area (Å²) in [5.41, 5.74) is 5.70. The first-order valence-corrected chi connectivity index (χ1v) is 9.98. The van der Waals surface area contributed by atoms with Crippen molar-refractivity contribution in [3.8, 4) is 0 Å². The second-order valence-electron chi connectivity index (χ2n) is 7.56. The number of carbonyl (C=O) groups excluding carboxylic acids is 1. The van der Waals surface area contributed by atoms with Crippen LogP contribution in [0.2, 0.25) is 5.28 Å². The topological polar surface area (TPSA) is 63.2 Å². The Labute approximate surface area is 169 Å². The van der Waals surface area contributed by atoms with Gasteiger partial charge in [-0.1, -0.05) is 0 Å². The normalized spacial score (nSPS) is 16.8. The number of H-pyrrole nitrogens is 1. The molecule has 1 aliphatic heterocycles. The number of hydrogen-bond acceptors (Lipinski definition) is 3. The number of aryl methyl sites for hydroxylation is 1. The van der Waals surface area contributed by atoms with Gasteiger partial charge in [0, 0.05) is 43.7 Å². The molecule has 1 saturated heterocycles. The number of halogens is 1. The monoisotopic (exact) mass is 400 g/mol. The molecule has 1 fully saturated rings. The lowest BCUT2D eigenvalue weighted by Crippen LogP contribution is -2.26. The zero-order chi connectivity index (χ0) is 19.8. The number of fused-ring (bicyclic) bond motifs is 1. The van der Waals surface area contributed by atoms with Crippen LogP contribution in [0.4, 0.5) is 0 Å². The highest BCUT2D eigenvalue weighted by Gasteiger charge is 2.20. The van der Waals surface area contributed by atoms with Crippen LogP contribution in [0.25, 0.3) is 11.0 Å². The van der Waals surface area contributed by atoms with Gasteiger partial charge in [-0.3, -0.25) is 4.79 Å². The van der Waals surface area contributed by atoms with Gasteiger partial charge in [0.15, 0.2) is 0 Å². The van der Waals surface area contributed by atoms with Crippen molar-refractivity contribution in [3.05, 3.63) is 52.1 Å². The molecular formula is C21H25ClN4O2. The molecule has 3 heterocycles. The average molecular weight is 401 g/mol. The Morgan fingerprint density at radius 3 is 2.96 bits per heavy atom. The lowest BCUT2D eigenvalue weighted by atomic mass is 10.1. The van der Waals surface area contributed by atoms with Crippen molar-refractivity contribution in [3.63, 3.8) is 0 Å². The van der Waals surface area contributed by atoms with E-state index in [2.05, 4.69) is 34.4 Å². The standard InChI is InChI=1S/C21H25ClN4O2/c1-13-9-16(14(2)26(13)12-17-5-4-8-28-17)11-25(3)20(27)15-6-7-18-19(10-15)24-21(22)23-18/h6-7,9-10,17H,4-5,8,11-12H2,1-3H3,(H,23,24). The van der Waals surface area contributed by atoms with Crippen LogP contribution in [-0.4, -0.2) is 45.1 Å². The molecule has 1 N–H and O–H groups in total. The predicted octanol–water partition coefficient (Wildman–Crippen LogP) is 4.09. The third-order valence-electron chi connectivity index (χ3n) is 5.54. The molecule has 0 bridgehead atoms. The second kappa shape index (κ2) is 7.60. The maximum absolute atomic E-state index is 12.9. The Balaban J connectivity index is 1.50. The van der Waals surface area contributed by atoms with E-state index in [4.69, 9.17) is 16.3 Å². The van der Waals surface area contributed by atoms with Gasteiger partial charge < -0.3 is 19.2 Å². The molecule has 1 amide bonds. The summed E-state index contributed by atoms with van der Waals surface area (Å²) in [4.78, 5) is 21.8. The first kappa shape index (κ1) is 19.0. The van der Waals surface area contributed by atoms with E-state index >= 15 is 0 Å². The Bertz CT molecular complexity index is 1020. The van der Waals surface area contributed by atoms with Crippen LogP contribution in [0.3, 0.4) is 0 Å². The maximum atomic E-state index is 12.9. The highest BCUT2D eigenvalue weighted by molar-refractivity contribution is 6.29. The highest BCUT2D eigenvalue weighted by Crippen LogP contribution is 2.22. The van der Waals surface area contributed by atoms with Crippen molar-refractivity contribution >= 4 is 28.5 Å². The molecule has 6 nitrogen and oxygen atoms in total. The van der Waals surface area contributed by atoms with Crippen molar-refractivity contribution < 1.29 is 9.53 Å². The number of hydrogen-bond donors (Lipinski definition) is 1. The van der Waals surface area contributed by atoms with Crippen molar-refractivity contribution in [2.75, 3.05) is 13.7 Å². The number of imidazole rings is 1. The molecule has 148 valence electrons. The summed E-state index contributed by atoms with van der Waals surface area (Å²) in [6.45, 7) is 6.54. The number of ether oxygens (including phenoxy) is 1. The van der Waals surface area contributed by atoms with E-state index in [0.717, 1.165) is 42.6 Å². The molecule has 0 spiro atoms. The van der Waals surface area contributed by atoms with Gasteiger partial charge in [0.25, 0.3) is 5.91 Å². The summed E-state index contributed by atoms with van der Waals surface area (Å²) in [7, 11) is 1.83. The summed E-state index contributed by atoms with van der Waals surface area (Å²) in [6.07, 6.45) is 2.55. The number of amides is 1. The highest BCUT2D eigenvalue weighted by atomic mass is 35.5. The number of nitrogens with zero attached hydrogens (tertiary/aromatic N) is 3. The first-order chi connectivity index (χ1) is 13.4. The zero-order valence-electron chi connectivity index (χ0n) is 16.5. The largest absolute Gasteiger partial charge is 0.376 e. The summed E-state index contributed by atoms with van der Waals surface area (Å²) in [5, 5.41) is 0.326. The van der Waals surface area contributed by atoms with Gasteiger partial charge in [0.05, 0.1) is 17.1 Å². The van der Waals surface area contributed by atoms with E-state index in [-0.39, 0.29) is 5.91 Å². The van der Waals surface area contributed by atoms with E-state index in [1.165, 1.54) is 11.4 Å². The van der Waals surface area contributed by atoms with Crippen LogP contribution < -0.4 is 0 Å². The van der Waals surface area contributed by atoms with Gasteiger partial charge in [-0.25, -0.2) is 4.98 Å². The lowest BCUT2D eigenvalue weighted by molar-refractivity contribution is 0.0784. The van der Waals surface area contributed by atoms with E-state index in [1.807, 2.05) is 13.1 Å². The van der Waals surface area contributed by atoms with Crippen molar-refractivity contribution in [1.82, 2.24) is 19.4 Å². The minimum Gasteiger partial charge on any atom is -0.376 e.